The molecule has 3 N–H and O–H groups in total. The third-order valence-electron chi connectivity index (χ3n) is 6.44. The van der Waals surface area contributed by atoms with Crippen molar-refractivity contribution in [2.75, 3.05) is 57.2 Å². The Hall–Kier alpha value is -3.25. The maximum absolute atomic E-state index is 12.5. The van der Waals surface area contributed by atoms with Crippen molar-refractivity contribution in [2.24, 2.45) is 0 Å². The number of carbonyl (C=O) groups excluding carboxylic acids is 1. The molecular weight excluding hydrogens is 440 g/mol. The highest BCUT2D eigenvalue weighted by atomic mass is 16.5. The number of rotatable bonds is 6. The van der Waals surface area contributed by atoms with Gasteiger partial charge in [0.2, 0.25) is 17.8 Å². The number of morpholine rings is 1. The van der Waals surface area contributed by atoms with Gasteiger partial charge < -0.3 is 35.1 Å². The van der Waals surface area contributed by atoms with Crippen LogP contribution in [-0.2, 0) is 9.47 Å². The average molecular weight is 471 g/mol. The molecule has 4 heterocycles. The molecular formula is C22H30N8O4. The van der Waals surface area contributed by atoms with Crippen LogP contribution in [-0.4, -0.2) is 95.6 Å². The van der Waals surface area contributed by atoms with E-state index in [0.717, 1.165) is 24.8 Å². The first-order chi connectivity index (χ1) is 16.5. The van der Waals surface area contributed by atoms with Gasteiger partial charge in [-0.2, -0.15) is 4.98 Å². The van der Waals surface area contributed by atoms with Crippen LogP contribution in [0.4, 0.5) is 16.7 Å². The number of anilines is 2. The monoisotopic (exact) mass is 470 g/mol. The van der Waals surface area contributed by atoms with Gasteiger partial charge in [0.05, 0.1) is 31.6 Å². The van der Waals surface area contributed by atoms with Crippen molar-refractivity contribution < 1.29 is 19.0 Å². The van der Waals surface area contributed by atoms with Gasteiger partial charge >= 0.3 is 6.03 Å². The lowest BCUT2D eigenvalue weighted by atomic mass is 9.88. The highest BCUT2D eigenvalue weighted by Gasteiger charge is 2.37. The number of urea groups is 1. The molecule has 3 fully saturated rings. The van der Waals surface area contributed by atoms with Crippen molar-refractivity contribution in [1.82, 2.24) is 30.2 Å². The largest absolute Gasteiger partial charge is 0.474 e. The van der Waals surface area contributed by atoms with Gasteiger partial charge in [0.25, 0.3) is 0 Å². The first-order valence-electron chi connectivity index (χ1n) is 11.6. The van der Waals surface area contributed by atoms with Gasteiger partial charge in [0.1, 0.15) is 6.10 Å². The van der Waals surface area contributed by atoms with Crippen molar-refractivity contribution in [1.29, 1.82) is 0 Å². The smallest absolute Gasteiger partial charge is 0.317 e. The number of hydrogen-bond donors (Lipinski definition) is 2. The van der Waals surface area contributed by atoms with E-state index in [4.69, 9.17) is 24.9 Å². The summed E-state index contributed by atoms with van der Waals surface area (Å²) < 4.78 is 17.0. The molecule has 5 rings (SSSR count). The Balaban J connectivity index is 1.25. The van der Waals surface area contributed by atoms with Crippen LogP contribution in [0.5, 0.6) is 5.88 Å². The van der Waals surface area contributed by atoms with E-state index < -0.39 is 0 Å². The molecule has 1 aliphatic carbocycles. The number of carbonyl (C=O) groups is 1. The molecule has 2 aromatic heterocycles. The number of ether oxygens (including phenoxy) is 3. The quantitative estimate of drug-likeness (QED) is 0.619. The first kappa shape index (κ1) is 22.5. The number of nitrogens with two attached hydrogens (primary N) is 1. The van der Waals surface area contributed by atoms with E-state index in [1.54, 1.807) is 23.4 Å². The Morgan fingerprint density at radius 1 is 1.18 bits per heavy atom. The summed E-state index contributed by atoms with van der Waals surface area (Å²) in [6, 6.07) is 1.94. The van der Waals surface area contributed by atoms with Gasteiger partial charge in [-0.3, -0.25) is 0 Å². The fourth-order valence-corrected chi connectivity index (χ4v) is 4.21. The lowest BCUT2D eigenvalue weighted by Crippen LogP contribution is -2.54. The predicted octanol–water partition coefficient (Wildman–Crippen LogP) is 0.693. The van der Waals surface area contributed by atoms with Crippen LogP contribution in [0.15, 0.2) is 18.5 Å². The number of nitrogen functional groups attached to an aromatic ring is 1. The first-order valence-corrected chi connectivity index (χ1v) is 11.6. The van der Waals surface area contributed by atoms with Gasteiger partial charge in [-0.05, 0) is 6.42 Å². The zero-order valence-electron chi connectivity index (χ0n) is 19.2. The van der Waals surface area contributed by atoms with E-state index in [0.29, 0.717) is 57.0 Å². The lowest BCUT2D eigenvalue weighted by Gasteiger charge is -2.40. The summed E-state index contributed by atoms with van der Waals surface area (Å²) in [5, 5.41) is 3.03. The zero-order valence-corrected chi connectivity index (χ0v) is 19.2. The summed E-state index contributed by atoms with van der Waals surface area (Å²) in [5.74, 6) is 1.28. The van der Waals surface area contributed by atoms with E-state index in [1.807, 2.05) is 7.05 Å². The van der Waals surface area contributed by atoms with Crippen molar-refractivity contribution in [2.45, 2.75) is 37.5 Å². The topological polar surface area (TPSA) is 141 Å². The molecule has 12 nitrogen and oxygen atoms in total. The molecule has 1 atom stereocenters. The summed E-state index contributed by atoms with van der Waals surface area (Å²) >= 11 is 0. The normalized spacial score (nSPS) is 24.4. The maximum atomic E-state index is 12.5. The summed E-state index contributed by atoms with van der Waals surface area (Å²) in [6.07, 6.45) is 5.58. The zero-order chi connectivity index (χ0) is 23.5. The Labute approximate surface area is 197 Å². The van der Waals surface area contributed by atoms with Crippen molar-refractivity contribution in [3.63, 3.8) is 0 Å². The molecule has 2 aromatic rings. The van der Waals surface area contributed by atoms with Gasteiger partial charge in [-0.1, -0.05) is 0 Å². The highest BCUT2D eigenvalue weighted by Crippen LogP contribution is 2.31. The molecule has 0 radical (unpaired) electrons. The summed E-state index contributed by atoms with van der Waals surface area (Å²) in [4.78, 5) is 33.9. The Bertz CT molecular complexity index is 989. The third kappa shape index (κ3) is 5.12. The molecule has 3 aliphatic rings. The molecule has 12 heteroatoms. The van der Waals surface area contributed by atoms with Crippen LogP contribution in [0.25, 0.3) is 11.3 Å². The fraction of sp³-hybridized carbons (Fsp3) is 0.591. The van der Waals surface area contributed by atoms with Gasteiger partial charge in [-0.25, -0.2) is 19.7 Å². The Morgan fingerprint density at radius 2 is 1.94 bits per heavy atom. The minimum absolute atomic E-state index is 0.0296. The number of nitrogens with zero attached hydrogens (tertiary/aromatic N) is 6. The standard InChI is InChI=1S/C22H30N8O4/c1-29(22(31)26-15-2-5-33-13-15)16-8-17(9-16)34-19-10-18(14-11-24-20(23)25-12-14)27-21(28-19)30-3-6-32-7-4-30/h10-12,15-17H,2-9,13H2,1H3,(H,26,31)(H2,23,24,25)/t15-,16-,17-/m1/s1. The van der Waals surface area contributed by atoms with Crippen molar-refractivity contribution in [3.8, 4) is 17.1 Å². The summed E-state index contributed by atoms with van der Waals surface area (Å²) in [7, 11) is 1.83. The van der Waals surface area contributed by atoms with Crippen LogP contribution < -0.4 is 20.7 Å². The molecule has 0 aromatic carbocycles. The minimum Gasteiger partial charge on any atom is -0.474 e. The second-order valence-corrected chi connectivity index (χ2v) is 8.81. The van der Waals surface area contributed by atoms with Gasteiger partial charge in [-0.15, -0.1) is 0 Å². The molecule has 2 saturated heterocycles. The number of aromatic nitrogens is 4. The van der Waals surface area contributed by atoms with Crippen LogP contribution in [0.1, 0.15) is 19.3 Å². The van der Waals surface area contributed by atoms with Crippen LogP contribution in [0.2, 0.25) is 0 Å². The number of amides is 2. The predicted molar refractivity (Wildman–Crippen MR) is 123 cm³/mol. The minimum atomic E-state index is -0.0683. The second-order valence-electron chi connectivity index (χ2n) is 8.81. The van der Waals surface area contributed by atoms with Crippen LogP contribution in [0, 0.1) is 0 Å². The van der Waals surface area contributed by atoms with E-state index in [-0.39, 0.29) is 30.2 Å². The molecule has 1 saturated carbocycles. The lowest BCUT2D eigenvalue weighted by molar-refractivity contribution is 0.0399. The van der Waals surface area contributed by atoms with E-state index in [1.165, 1.54) is 0 Å². The van der Waals surface area contributed by atoms with Gasteiger partial charge in [0.15, 0.2) is 0 Å². The average Bonchev–Trinajstić information content (AvgIpc) is 3.34. The van der Waals surface area contributed by atoms with E-state index >= 15 is 0 Å². The van der Waals surface area contributed by atoms with E-state index in [2.05, 4.69) is 25.2 Å². The number of nitrogens with one attached hydrogen (secondary N) is 1. The summed E-state index contributed by atoms with van der Waals surface area (Å²) in [6.45, 7) is 3.94. The van der Waals surface area contributed by atoms with Gasteiger partial charge in [0, 0.05) is 69.7 Å². The van der Waals surface area contributed by atoms with Crippen LogP contribution in [0.3, 0.4) is 0 Å². The SMILES string of the molecule is CN(C(=O)N[C@@H]1CCOC1)[C@H]1C[C@H](Oc2cc(-c3cnc(N)nc3)nc(N3CCOCC3)n2)C1. The maximum Gasteiger partial charge on any atom is 0.317 e. The second kappa shape index (κ2) is 9.94. The van der Waals surface area contributed by atoms with Crippen molar-refractivity contribution >= 4 is 17.9 Å². The fourth-order valence-electron chi connectivity index (χ4n) is 4.21. The molecule has 0 spiro atoms. The molecule has 0 bridgehead atoms. The highest BCUT2D eigenvalue weighted by molar-refractivity contribution is 5.74. The number of hydrogen-bond acceptors (Lipinski definition) is 10. The van der Waals surface area contributed by atoms with Crippen LogP contribution >= 0.6 is 0 Å². The Morgan fingerprint density at radius 3 is 2.65 bits per heavy atom. The molecule has 34 heavy (non-hydrogen) atoms. The van der Waals surface area contributed by atoms with E-state index in [9.17, 15) is 4.79 Å². The Kier molecular flexibility index (Phi) is 6.59. The summed E-state index contributed by atoms with van der Waals surface area (Å²) in [5.41, 5.74) is 7.03. The van der Waals surface area contributed by atoms with Crippen molar-refractivity contribution in [3.05, 3.63) is 18.5 Å². The molecule has 0 unspecified atom stereocenters. The third-order valence-corrected chi connectivity index (χ3v) is 6.44. The molecule has 2 aliphatic heterocycles. The molecule has 182 valence electrons. The molecule has 2 amide bonds.